The second-order valence-corrected chi connectivity index (χ2v) is 15.0. The summed E-state index contributed by atoms with van der Waals surface area (Å²) in [7, 11) is 3.02. The van der Waals surface area contributed by atoms with Gasteiger partial charge in [0.25, 0.3) is 11.8 Å². The molecule has 0 radical (unpaired) electrons. The number of halogens is 2. The number of aryl methyl sites for hydroxylation is 1. The van der Waals surface area contributed by atoms with E-state index in [0.717, 1.165) is 17.0 Å². The number of anilines is 2. The summed E-state index contributed by atoms with van der Waals surface area (Å²) >= 11 is 12.7. The molecule has 2 heterocycles. The van der Waals surface area contributed by atoms with Crippen molar-refractivity contribution in [1.29, 1.82) is 0 Å². The van der Waals surface area contributed by atoms with Crippen LogP contribution in [0.5, 0.6) is 17.2 Å². The number of rotatable bonds is 8. The molecule has 0 spiro atoms. The number of aromatic hydroxyl groups is 1. The Kier molecular flexibility index (Phi) is 8.93. The summed E-state index contributed by atoms with van der Waals surface area (Å²) in [6, 6.07) is 23.9. The number of allylic oxidation sites excluding steroid dienone is 2. The third-order valence-corrected chi connectivity index (χ3v) is 12.3. The fourth-order valence-electron chi connectivity index (χ4n) is 9.22. The Bertz CT molecular complexity index is 2240. The van der Waals surface area contributed by atoms with Crippen LogP contribution in [0.25, 0.3) is 0 Å². The molecule has 0 unspecified atom stereocenters. The fraction of sp³-hybridized carbons (Fsp3) is 0.286. The molecule has 0 aromatic heterocycles. The topological polar surface area (TPSA) is 125 Å². The summed E-state index contributed by atoms with van der Waals surface area (Å²) in [5, 5.41) is 13.3. The van der Waals surface area contributed by atoms with Crippen LogP contribution in [0, 0.1) is 23.7 Å². The van der Waals surface area contributed by atoms with Gasteiger partial charge in [0.2, 0.25) is 11.8 Å². The number of hydrogen-bond acceptors (Lipinski definition) is 8. The molecule has 2 saturated heterocycles. The number of carbonyl (C=O) groups is 4. The molecule has 276 valence electrons. The largest absolute Gasteiger partial charge is 0.508 e. The SMILES string of the molecule is CCc1ccc(N2C(=O)[C@H]3[C@H](CC=C4[C@H]3C[C@H]3C(=O)N(Nc5ccc(Cl)cc5Cl)C(=O)[C@@]3(c3ccc(OC)cc3)[C@H]4c3ccc(OC)cc3O)C2=O)cc1. The molecule has 10 nitrogen and oxygen atoms in total. The number of amides is 4. The van der Waals surface area contributed by atoms with Crippen LogP contribution in [-0.2, 0) is 31.0 Å². The number of benzene rings is 4. The van der Waals surface area contributed by atoms with Crippen LogP contribution in [0.2, 0.25) is 10.0 Å². The van der Waals surface area contributed by atoms with Gasteiger partial charge in [-0.2, -0.15) is 5.01 Å². The van der Waals surface area contributed by atoms with Crippen molar-refractivity contribution in [2.75, 3.05) is 24.5 Å². The third kappa shape index (κ3) is 5.29. The Labute approximate surface area is 322 Å². The Morgan fingerprint density at radius 3 is 2.19 bits per heavy atom. The normalized spacial score (nSPS) is 25.9. The first-order valence-corrected chi connectivity index (χ1v) is 18.6. The van der Waals surface area contributed by atoms with Crippen molar-refractivity contribution in [2.24, 2.45) is 23.7 Å². The number of nitrogens with one attached hydrogen (secondary N) is 1. The third-order valence-electron chi connectivity index (χ3n) is 11.7. The molecule has 54 heavy (non-hydrogen) atoms. The van der Waals surface area contributed by atoms with Crippen molar-refractivity contribution >= 4 is 58.2 Å². The smallest absolute Gasteiger partial charge is 0.260 e. The molecule has 2 aliphatic heterocycles. The standard InChI is InChI=1S/C42H37Cl2N3O7/c1-4-22-5-10-25(11-6-22)46-38(49)30-17-16-28-31(36(30)40(46)51)21-32-39(50)47(45-34-18-9-24(43)19-33(34)44)41(52)42(32,23-7-12-26(53-2)13-8-23)37(28)29-15-14-27(54-3)20-35(29)48/h5-16,18-20,30-32,36-37,45,48H,4,17,21H2,1-3H3/t30-,31+,32-,36-,37+,42+/m0/s1. The number of methoxy groups -OCH3 is 2. The highest BCUT2D eigenvalue weighted by atomic mass is 35.5. The zero-order valence-corrected chi connectivity index (χ0v) is 31.2. The van der Waals surface area contributed by atoms with E-state index in [1.807, 2.05) is 25.1 Å². The summed E-state index contributed by atoms with van der Waals surface area (Å²) < 4.78 is 10.9. The second-order valence-electron chi connectivity index (χ2n) is 14.2. The van der Waals surface area contributed by atoms with E-state index in [1.165, 1.54) is 31.3 Å². The maximum Gasteiger partial charge on any atom is 0.260 e. The first-order valence-electron chi connectivity index (χ1n) is 17.8. The number of fused-ring (bicyclic) bond motifs is 4. The summed E-state index contributed by atoms with van der Waals surface area (Å²) in [4.78, 5) is 60.3. The van der Waals surface area contributed by atoms with E-state index >= 15 is 4.79 Å². The lowest BCUT2D eigenvalue weighted by Gasteiger charge is -2.50. The Balaban J connectivity index is 1.33. The van der Waals surface area contributed by atoms with E-state index in [0.29, 0.717) is 38.9 Å². The number of phenolic OH excluding ortho intramolecular Hbond substituents is 1. The number of ether oxygens (including phenoxy) is 2. The highest BCUT2D eigenvalue weighted by Crippen LogP contribution is 2.65. The Hall–Kier alpha value is -5.32. The number of phenols is 1. The van der Waals surface area contributed by atoms with E-state index in [4.69, 9.17) is 32.7 Å². The van der Waals surface area contributed by atoms with Crippen molar-refractivity contribution in [1.82, 2.24) is 5.01 Å². The van der Waals surface area contributed by atoms with Crippen LogP contribution < -0.4 is 19.8 Å². The van der Waals surface area contributed by atoms with Crippen LogP contribution in [-0.4, -0.2) is 48.0 Å². The molecule has 12 heteroatoms. The lowest BCUT2D eigenvalue weighted by Crippen LogP contribution is -2.53. The van der Waals surface area contributed by atoms with Gasteiger partial charge in [-0.15, -0.1) is 0 Å². The molecule has 2 N–H and O–H groups in total. The summed E-state index contributed by atoms with van der Waals surface area (Å²) in [6.07, 6.45) is 3.08. The number of nitrogens with zero attached hydrogens (tertiary/aromatic N) is 2. The maximum atomic E-state index is 15.4. The number of hydrogen-bond donors (Lipinski definition) is 2. The lowest BCUT2D eigenvalue weighted by molar-refractivity contribution is -0.138. The van der Waals surface area contributed by atoms with Crippen LogP contribution in [0.4, 0.5) is 11.4 Å². The average Bonchev–Trinajstić information content (AvgIpc) is 3.56. The predicted molar refractivity (Wildman–Crippen MR) is 204 cm³/mol. The van der Waals surface area contributed by atoms with Crippen LogP contribution in [0.3, 0.4) is 0 Å². The highest BCUT2D eigenvalue weighted by Gasteiger charge is 2.70. The van der Waals surface area contributed by atoms with E-state index < -0.39 is 46.8 Å². The minimum Gasteiger partial charge on any atom is -0.508 e. The van der Waals surface area contributed by atoms with Gasteiger partial charge in [-0.05, 0) is 84.8 Å². The van der Waals surface area contributed by atoms with E-state index in [9.17, 15) is 19.5 Å². The minimum atomic E-state index is -1.61. The van der Waals surface area contributed by atoms with Crippen molar-refractivity contribution in [2.45, 2.75) is 37.5 Å². The Morgan fingerprint density at radius 2 is 1.54 bits per heavy atom. The Morgan fingerprint density at radius 1 is 0.833 bits per heavy atom. The quantitative estimate of drug-likeness (QED) is 0.140. The minimum absolute atomic E-state index is 0.0885. The van der Waals surface area contributed by atoms with Crippen molar-refractivity contribution in [3.8, 4) is 17.2 Å². The molecule has 6 atom stereocenters. The molecule has 4 aromatic rings. The van der Waals surface area contributed by atoms with Gasteiger partial charge < -0.3 is 14.6 Å². The molecule has 8 rings (SSSR count). The molecule has 3 fully saturated rings. The van der Waals surface area contributed by atoms with Gasteiger partial charge in [0, 0.05) is 22.6 Å². The van der Waals surface area contributed by atoms with Gasteiger partial charge >= 0.3 is 0 Å². The van der Waals surface area contributed by atoms with Gasteiger partial charge in [0.15, 0.2) is 0 Å². The molecule has 1 saturated carbocycles. The number of carbonyl (C=O) groups excluding carboxylic acids is 4. The fourth-order valence-corrected chi connectivity index (χ4v) is 9.67. The molecule has 4 aromatic carbocycles. The zero-order valence-electron chi connectivity index (χ0n) is 29.7. The highest BCUT2D eigenvalue weighted by molar-refractivity contribution is 6.36. The lowest BCUT2D eigenvalue weighted by atomic mass is 9.49. The van der Waals surface area contributed by atoms with Gasteiger partial charge in [-0.3, -0.25) is 29.5 Å². The predicted octanol–water partition coefficient (Wildman–Crippen LogP) is 7.47. The molecule has 0 bridgehead atoms. The van der Waals surface area contributed by atoms with Gasteiger partial charge in [-0.25, -0.2) is 0 Å². The van der Waals surface area contributed by atoms with Gasteiger partial charge in [0.05, 0.1) is 53.8 Å². The summed E-state index contributed by atoms with van der Waals surface area (Å²) in [6.45, 7) is 2.03. The zero-order chi connectivity index (χ0) is 38.1. The summed E-state index contributed by atoms with van der Waals surface area (Å²) in [5.74, 6) is -5.00. The van der Waals surface area contributed by atoms with Crippen LogP contribution in [0.15, 0.2) is 96.6 Å². The van der Waals surface area contributed by atoms with Crippen LogP contribution in [0.1, 0.15) is 42.4 Å². The van der Waals surface area contributed by atoms with E-state index in [2.05, 4.69) is 5.43 Å². The molecular weight excluding hydrogens is 729 g/mol. The monoisotopic (exact) mass is 765 g/mol. The average molecular weight is 767 g/mol. The van der Waals surface area contributed by atoms with Crippen molar-refractivity contribution in [3.63, 3.8) is 0 Å². The first-order chi connectivity index (χ1) is 26.0. The maximum absolute atomic E-state index is 15.4. The van der Waals surface area contributed by atoms with Crippen molar-refractivity contribution < 1.29 is 33.8 Å². The molecular formula is C42H37Cl2N3O7. The summed E-state index contributed by atoms with van der Waals surface area (Å²) in [5.41, 5.74) is 4.83. The molecule has 4 aliphatic rings. The second kappa shape index (κ2) is 13.5. The molecule has 2 aliphatic carbocycles. The van der Waals surface area contributed by atoms with Gasteiger partial charge in [-0.1, -0.05) is 72.1 Å². The number of hydrazine groups is 1. The first kappa shape index (κ1) is 35.7. The van der Waals surface area contributed by atoms with Crippen LogP contribution >= 0.6 is 23.2 Å². The number of imide groups is 2. The van der Waals surface area contributed by atoms with E-state index in [-0.39, 0.29) is 41.1 Å². The van der Waals surface area contributed by atoms with E-state index in [1.54, 1.807) is 60.7 Å². The van der Waals surface area contributed by atoms with Crippen molar-refractivity contribution in [3.05, 3.63) is 123 Å². The molecule has 4 amide bonds. The van der Waals surface area contributed by atoms with Gasteiger partial charge in [0.1, 0.15) is 17.2 Å².